The van der Waals surface area contributed by atoms with Crippen molar-refractivity contribution in [2.45, 2.75) is 4.90 Å². The Kier molecular flexibility index (Phi) is 7.04. The van der Waals surface area contributed by atoms with Crippen LogP contribution in [0.3, 0.4) is 0 Å². The Hall–Kier alpha value is -3.23. The average Bonchev–Trinajstić information content (AvgIpc) is 2.78. The van der Waals surface area contributed by atoms with Gasteiger partial charge < -0.3 is 14.2 Å². The molecular formula is C22H20ClNO6S. The molecule has 0 aliphatic carbocycles. The Labute approximate surface area is 185 Å². The third kappa shape index (κ3) is 5.68. The minimum Gasteiger partial charge on any atom is -0.497 e. The molecule has 3 aromatic rings. The monoisotopic (exact) mass is 461 g/mol. The summed E-state index contributed by atoms with van der Waals surface area (Å²) >= 11 is 5.80. The topological polar surface area (TPSA) is 82.1 Å². The zero-order chi connectivity index (χ0) is 22.4. The normalized spacial score (nSPS) is 10.9. The molecular weight excluding hydrogens is 442 g/mol. The molecule has 0 spiro atoms. The molecule has 162 valence electrons. The van der Waals surface area contributed by atoms with Crippen molar-refractivity contribution >= 4 is 33.3 Å². The van der Waals surface area contributed by atoms with Crippen molar-refractivity contribution < 1.29 is 27.4 Å². The van der Waals surface area contributed by atoms with Crippen molar-refractivity contribution in [2.24, 2.45) is 0 Å². The molecule has 0 saturated heterocycles. The van der Waals surface area contributed by atoms with E-state index in [1.807, 2.05) is 0 Å². The molecule has 0 heterocycles. The molecule has 0 aliphatic rings. The smallest absolute Gasteiger partial charge is 0.349 e. The quantitative estimate of drug-likeness (QED) is 0.370. The van der Waals surface area contributed by atoms with E-state index in [2.05, 4.69) is 0 Å². The second-order valence-corrected chi connectivity index (χ2v) is 8.76. The molecule has 0 aliphatic heterocycles. The third-order valence-electron chi connectivity index (χ3n) is 4.32. The van der Waals surface area contributed by atoms with Crippen molar-refractivity contribution in [1.29, 1.82) is 0 Å². The van der Waals surface area contributed by atoms with E-state index in [1.165, 1.54) is 38.4 Å². The van der Waals surface area contributed by atoms with Gasteiger partial charge in [0, 0.05) is 12.1 Å². The average molecular weight is 462 g/mol. The number of sulfonamides is 1. The number of rotatable bonds is 8. The molecule has 0 N–H and O–H groups in total. The van der Waals surface area contributed by atoms with Crippen LogP contribution < -0.4 is 18.5 Å². The van der Waals surface area contributed by atoms with Gasteiger partial charge in [-0.3, -0.25) is 4.31 Å². The van der Waals surface area contributed by atoms with Crippen molar-refractivity contribution in [3.63, 3.8) is 0 Å². The minimum absolute atomic E-state index is 0.130. The Balaban J connectivity index is 1.61. The number of esters is 1. The predicted octanol–water partition coefficient (Wildman–Crippen LogP) is 4.16. The molecule has 0 bridgehead atoms. The third-order valence-corrected chi connectivity index (χ3v) is 6.37. The summed E-state index contributed by atoms with van der Waals surface area (Å²) in [5.41, 5.74) is 0.410. The summed E-state index contributed by atoms with van der Waals surface area (Å²) in [5, 5.41) is 0.564. The van der Waals surface area contributed by atoms with Crippen LogP contribution in [-0.4, -0.2) is 35.2 Å². The van der Waals surface area contributed by atoms with Crippen molar-refractivity contribution in [1.82, 2.24) is 0 Å². The van der Waals surface area contributed by atoms with Gasteiger partial charge >= 0.3 is 5.97 Å². The summed E-state index contributed by atoms with van der Waals surface area (Å²) in [6.45, 7) is -0.283. The number of benzene rings is 3. The Morgan fingerprint density at radius 1 is 0.871 bits per heavy atom. The SMILES string of the molecule is COc1ccc(S(=O)(=O)N(C)c2ccc(OC(=O)COc3ccc(Cl)cc3)cc2)cc1. The molecule has 0 radical (unpaired) electrons. The van der Waals surface area contributed by atoms with Gasteiger partial charge in [-0.05, 0) is 72.8 Å². The summed E-state index contributed by atoms with van der Waals surface area (Å²) < 4.78 is 42.4. The van der Waals surface area contributed by atoms with E-state index in [4.69, 9.17) is 25.8 Å². The number of anilines is 1. The maximum absolute atomic E-state index is 12.8. The first-order chi connectivity index (χ1) is 14.8. The lowest BCUT2D eigenvalue weighted by atomic mass is 10.3. The molecule has 0 aromatic heterocycles. The van der Waals surface area contributed by atoms with Crippen molar-refractivity contribution in [3.05, 3.63) is 77.8 Å². The summed E-state index contributed by atoms with van der Waals surface area (Å²) in [6.07, 6.45) is 0. The van der Waals surface area contributed by atoms with Gasteiger partial charge in [0.15, 0.2) is 6.61 Å². The zero-order valence-electron chi connectivity index (χ0n) is 16.8. The molecule has 31 heavy (non-hydrogen) atoms. The van der Waals surface area contributed by atoms with Crippen molar-refractivity contribution in [3.8, 4) is 17.2 Å². The first-order valence-electron chi connectivity index (χ1n) is 9.12. The highest BCUT2D eigenvalue weighted by molar-refractivity contribution is 7.92. The number of halogens is 1. The molecule has 7 nitrogen and oxygen atoms in total. The Morgan fingerprint density at radius 2 is 1.42 bits per heavy atom. The molecule has 9 heteroatoms. The van der Waals surface area contributed by atoms with Crippen LogP contribution in [0.4, 0.5) is 5.69 Å². The number of nitrogens with zero attached hydrogens (tertiary/aromatic N) is 1. The van der Waals surface area contributed by atoms with E-state index in [9.17, 15) is 13.2 Å². The summed E-state index contributed by atoms with van der Waals surface area (Å²) in [6, 6.07) is 18.8. The van der Waals surface area contributed by atoms with Gasteiger partial charge in [0.25, 0.3) is 10.0 Å². The van der Waals surface area contributed by atoms with E-state index in [0.717, 1.165) is 4.31 Å². The number of hydrogen-bond acceptors (Lipinski definition) is 6. The second kappa shape index (κ2) is 9.72. The maximum atomic E-state index is 12.8. The highest BCUT2D eigenvalue weighted by Crippen LogP contribution is 2.25. The fourth-order valence-electron chi connectivity index (χ4n) is 2.60. The maximum Gasteiger partial charge on any atom is 0.349 e. The van der Waals surface area contributed by atoms with Gasteiger partial charge in [-0.2, -0.15) is 0 Å². The number of carbonyl (C=O) groups is 1. The highest BCUT2D eigenvalue weighted by Gasteiger charge is 2.21. The lowest BCUT2D eigenvalue weighted by Crippen LogP contribution is -2.26. The van der Waals surface area contributed by atoms with Crippen LogP contribution in [0.2, 0.25) is 5.02 Å². The van der Waals surface area contributed by atoms with Crippen molar-refractivity contribution in [2.75, 3.05) is 25.1 Å². The van der Waals surface area contributed by atoms with Gasteiger partial charge in [0.2, 0.25) is 0 Å². The van der Waals surface area contributed by atoms with E-state index in [-0.39, 0.29) is 17.3 Å². The Bertz CT molecular complexity index is 1130. The lowest BCUT2D eigenvalue weighted by Gasteiger charge is -2.20. The van der Waals surface area contributed by atoms with Crippen LogP contribution >= 0.6 is 11.6 Å². The van der Waals surface area contributed by atoms with Gasteiger partial charge in [0.1, 0.15) is 17.2 Å². The van der Waals surface area contributed by atoms with Crippen LogP contribution in [0, 0.1) is 0 Å². The molecule has 3 aromatic carbocycles. The largest absolute Gasteiger partial charge is 0.497 e. The Morgan fingerprint density at radius 3 is 2.00 bits per heavy atom. The molecule has 0 unspecified atom stereocenters. The highest BCUT2D eigenvalue weighted by atomic mass is 35.5. The minimum atomic E-state index is -3.75. The van der Waals surface area contributed by atoms with Crippen LogP contribution in [-0.2, 0) is 14.8 Å². The molecule has 3 rings (SSSR count). The predicted molar refractivity (Wildman–Crippen MR) is 118 cm³/mol. The molecule has 0 fully saturated rings. The first kappa shape index (κ1) is 22.5. The zero-order valence-corrected chi connectivity index (χ0v) is 18.4. The standard InChI is InChI=1S/C22H20ClNO6S/c1-24(31(26,27)21-13-11-18(28-2)12-14-21)17-5-9-20(10-6-17)30-22(25)15-29-19-7-3-16(23)4-8-19/h3-14H,15H2,1-2H3. The second-order valence-electron chi connectivity index (χ2n) is 6.36. The molecule has 0 atom stereocenters. The van der Waals surface area contributed by atoms with E-state index in [0.29, 0.717) is 22.2 Å². The number of ether oxygens (including phenoxy) is 3. The number of carbonyl (C=O) groups excluding carboxylic acids is 1. The fourth-order valence-corrected chi connectivity index (χ4v) is 3.92. The summed E-state index contributed by atoms with van der Waals surface area (Å²) in [5.74, 6) is 0.723. The van der Waals surface area contributed by atoms with Crippen LogP contribution in [0.1, 0.15) is 0 Å². The number of methoxy groups -OCH3 is 1. The van der Waals surface area contributed by atoms with E-state index in [1.54, 1.807) is 48.5 Å². The van der Waals surface area contributed by atoms with E-state index >= 15 is 0 Å². The summed E-state index contributed by atoms with van der Waals surface area (Å²) in [7, 11) is -0.802. The lowest BCUT2D eigenvalue weighted by molar-refractivity contribution is -0.136. The fraction of sp³-hybridized carbons (Fsp3) is 0.136. The van der Waals surface area contributed by atoms with Crippen LogP contribution in [0.15, 0.2) is 77.7 Å². The van der Waals surface area contributed by atoms with Gasteiger partial charge in [-0.25, -0.2) is 13.2 Å². The molecule has 0 amide bonds. The van der Waals surface area contributed by atoms with Crippen LogP contribution in [0.25, 0.3) is 0 Å². The molecule has 0 saturated carbocycles. The van der Waals surface area contributed by atoms with Gasteiger partial charge in [0.05, 0.1) is 17.7 Å². The first-order valence-corrected chi connectivity index (χ1v) is 10.9. The van der Waals surface area contributed by atoms with Gasteiger partial charge in [-0.15, -0.1) is 0 Å². The number of hydrogen-bond donors (Lipinski definition) is 0. The van der Waals surface area contributed by atoms with Gasteiger partial charge in [-0.1, -0.05) is 11.6 Å². The van der Waals surface area contributed by atoms with Crippen LogP contribution in [0.5, 0.6) is 17.2 Å². The summed E-state index contributed by atoms with van der Waals surface area (Å²) in [4.78, 5) is 12.1. The van der Waals surface area contributed by atoms with E-state index < -0.39 is 16.0 Å².